The standard InChI is InChI=1S/C88H76N4OSi.Pt/c1-59-50-83(89-56-74(59)62-43-46-75-77(53-62)86(4,5)49-48-85(75,2)3)92-79-39-20-19-36-72(79)73-45-44-65(55-82(73)92)93-64-28-24-27-63(54-64)90-58-91(81-41-22-21-40-80(81)90)84-70(37-25-38-71(84)61-42-47-76-78(52-61)88(8,9)57-87(76,6)7)60-26-23-35-69(51-60)94(66-29-13-10-14-30-66,67-31-15-11-16-32-67)68-33-17-12-18-34-68;/h10-47,50-53,56H,48-49,57H2,1-9H3;/q-2;/i1D3,6D3,7D3,8D3,9D3,10D,11D,12D,13D,14D,15D,16D,17D,18D,23D,26D,29D,30D,31D,32D,33D,34D,35D,42D,47D,51D,52D;. The molecule has 2 aliphatic rings. The number of hydrogen-bond donors (Lipinski definition) is 0. The molecule has 11 aromatic carbocycles. The van der Waals surface area contributed by atoms with Crippen LogP contribution in [0.4, 0.5) is 0 Å². The van der Waals surface area contributed by atoms with E-state index < -0.39 is 252 Å². The Morgan fingerprint density at radius 3 is 1.85 bits per heavy atom. The van der Waals surface area contributed by atoms with Crippen LogP contribution in [0.1, 0.15) is 153 Å². The molecule has 0 bridgehead atoms. The number of fused-ring (bicyclic) bond motifs is 6. The third-order valence-corrected chi connectivity index (χ3v) is 22.2. The molecule has 7 heteroatoms. The largest absolute Gasteiger partial charge is 0.510 e. The number of aromatic nitrogens is 4. The maximum absolute atomic E-state index is 11.0. The van der Waals surface area contributed by atoms with E-state index in [4.69, 9.17) is 34.4 Å². The molecule has 0 fully saturated rings. The van der Waals surface area contributed by atoms with Gasteiger partial charge in [-0.15, -0.1) is 29.7 Å². The van der Waals surface area contributed by atoms with E-state index in [1.165, 1.54) is 40.5 Å². The first kappa shape index (κ1) is 32.8. The molecular formula is C88H76N4OPtSi-2. The van der Waals surface area contributed by atoms with Crippen molar-refractivity contribution in [2.75, 3.05) is 0 Å². The zero-order valence-electron chi connectivity index (χ0n) is 88.3. The van der Waals surface area contributed by atoms with Crippen molar-refractivity contribution in [3.63, 3.8) is 0 Å². The number of rotatable bonds is 12. The zero-order valence-corrected chi connectivity index (χ0v) is 54.5. The molecule has 3 aromatic heterocycles. The third kappa shape index (κ3) is 10.4. The van der Waals surface area contributed by atoms with Crippen molar-refractivity contribution >= 4 is 61.7 Å². The minimum atomic E-state index is -6.65. The van der Waals surface area contributed by atoms with Crippen LogP contribution in [0.2, 0.25) is 0 Å². The summed E-state index contributed by atoms with van der Waals surface area (Å²) in [7, 11) is -6.65. The van der Waals surface area contributed by atoms with E-state index in [1.807, 2.05) is 30.3 Å². The van der Waals surface area contributed by atoms with Gasteiger partial charge in [0.2, 0.25) is 0 Å². The molecule has 0 unspecified atom stereocenters. The molecule has 95 heavy (non-hydrogen) atoms. The number of nitrogens with zero attached hydrogens (tertiary/aromatic N) is 4. The van der Waals surface area contributed by atoms with E-state index >= 15 is 0 Å². The molecule has 2 aliphatic carbocycles. The van der Waals surface area contributed by atoms with Crippen LogP contribution >= 0.6 is 0 Å². The van der Waals surface area contributed by atoms with Crippen molar-refractivity contribution in [1.29, 1.82) is 0 Å². The summed E-state index contributed by atoms with van der Waals surface area (Å²) in [5.74, 6) is 0.290. The normalized spacial score (nSPS) is 21.4. The van der Waals surface area contributed by atoms with Gasteiger partial charge in [-0.1, -0.05) is 272 Å². The van der Waals surface area contributed by atoms with E-state index in [2.05, 4.69) is 58.3 Å². The van der Waals surface area contributed by atoms with Crippen LogP contribution in [0.5, 0.6) is 11.5 Å². The molecule has 5 nitrogen and oxygen atoms in total. The van der Waals surface area contributed by atoms with Gasteiger partial charge >= 0.3 is 0 Å². The van der Waals surface area contributed by atoms with E-state index in [0.717, 1.165) is 46.6 Å². The molecule has 0 radical (unpaired) electrons. The molecule has 0 aliphatic heterocycles. The molecule has 470 valence electrons. The molecule has 0 saturated heterocycles. The Morgan fingerprint density at radius 1 is 0.516 bits per heavy atom. The Balaban J connectivity index is 0.0000133. The molecule has 16 rings (SSSR count). The maximum atomic E-state index is 11.0. The van der Waals surface area contributed by atoms with Gasteiger partial charge in [0.05, 0.1) is 46.9 Å². The summed E-state index contributed by atoms with van der Waals surface area (Å²) in [6.45, 7) is -9.87. The Bertz CT molecular complexity index is 7000. The van der Waals surface area contributed by atoms with Crippen molar-refractivity contribution in [2.24, 2.45) is 0 Å². The third-order valence-electron chi connectivity index (χ3n) is 18.2. The van der Waals surface area contributed by atoms with Gasteiger partial charge in [-0.25, -0.2) is 4.98 Å². The smallest absolute Gasteiger partial charge is 0.268 e. The Hall–Kier alpha value is -9.45. The van der Waals surface area contributed by atoms with E-state index in [9.17, 15) is 26.0 Å². The first-order valence-corrected chi connectivity index (χ1v) is 32.2. The first-order valence-electron chi connectivity index (χ1n) is 48.7. The summed E-state index contributed by atoms with van der Waals surface area (Å²) < 4.78 is 360. The quantitative estimate of drug-likeness (QED) is 0.0529. The average molecular weight is 1470 g/mol. The van der Waals surface area contributed by atoms with E-state index in [1.54, 1.807) is 41.1 Å². The van der Waals surface area contributed by atoms with E-state index in [0.29, 0.717) is 27.5 Å². The van der Waals surface area contributed by atoms with Crippen LogP contribution in [0.15, 0.2) is 260 Å². The fraction of sp³-hybridized carbons (Fsp3) is 0.182. The molecular weight excluding hydrogens is 1350 g/mol. The average Bonchev–Trinajstić information content (AvgIpc) is 1.44. The molecule has 3 heterocycles. The molecule has 0 N–H and O–H groups in total. The Kier molecular flexibility index (Phi) is 8.10. The molecule has 14 aromatic rings. The summed E-state index contributed by atoms with van der Waals surface area (Å²) >= 11 is 0. The summed E-state index contributed by atoms with van der Waals surface area (Å²) in [5, 5.41) is -3.45. The summed E-state index contributed by atoms with van der Waals surface area (Å²) in [4.78, 5) is 4.99. The molecule has 0 atom stereocenters. The number of ether oxygens (including phenoxy) is 1. The van der Waals surface area contributed by atoms with Gasteiger partial charge in [-0.05, 0) is 147 Å². The molecule has 0 amide bonds. The van der Waals surface area contributed by atoms with Gasteiger partial charge in [0.1, 0.15) is 5.82 Å². The Morgan fingerprint density at radius 2 is 1.15 bits per heavy atom. The zero-order chi connectivity index (χ0) is 96.0. The number of imidazole rings is 1. The first-order chi connectivity index (χ1) is 60.8. The van der Waals surface area contributed by atoms with Gasteiger partial charge in [-0.2, -0.15) is 18.2 Å². The summed E-state index contributed by atoms with van der Waals surface area (Å²) in [5.41, 5.74) is -9.65. The van der Waals surface area contributed by atoms with Crippen LogP contribution < -0.4 is 30.1 Å². The van der Waals surface area contributed by atoms with Crippen LogP contribution in [0, 0.1) is 25.3 Å². The van der Waals surface area contributed by atoms with Gasteiger partial charge < -0.3 is 13.9 Å². The van der Waals surface area contributed by atoms with Gasteiger partial charge in [-0.3, -0.25) is 4.57 Å². The van der Waals surface area contributed by atoms with Gasteiger partial charge in [0, 0.05) is 70.4 Å². The van der Waals surface area contributed by atoms with Crippen LogP contribution in [-0.4, -0.2) is 22.2 Å². The van der Waals surface area contributed by atoms with Crippen LogP contribution in [0.3, 0.4) is 0 Å². The molecule has 0 spiro atoms. The fourth-order valence-corrected chi connectivity index (χ4v) is 17.1. The summed E-state index contributed by atoms with van der Waals surface area (Å²) in [6.07, 6.45) is 4.84. The minimum absolute atomic E-state index is 0. The maximum Gasteiger partial charge on any atom is 0.268 e. The fourth-order valence-electron chi connectivity index (χ4n) is 13.5. The van der Waals surface area contributed by atoms with Crippen molar-refractivity contribution in [3.8, 4) is 62.1 Å². The van der Waals surface area contributed by atoms with Gasteiger partial charge in [0.25, 0.3) is 6.33 Å². The number of pyridine rings is 1. The van der Waals surface area contributed by atoms with E-state index in [-0.39, 0.29) is 71.5 Å². The predicted octanol–water partition coefficient (Wildman–Crippen LogP) is 18.6. The van der Waals surface area contributed by atoms with Crippen LogP contribution in [-0.2, 0) is 42.7 Å². The topological polar surface area (TPSA) is 35.9 Å². The molecule has 0 saturated carbocycles. The predicted molar refractivity (Wildman–Crippen MR) is 391 cm³/mol. The second-order valence-corrected chi connectivity index (χ2v) is 28.5. The van der Waals surface area contributed by atoms with Crippen molar-refractivity contribution < 1.29 is 81.1 Å². The SMILES string of the molecule is [2H]c1c([2H])c([2H])c([Si](c2c([2H])c([2H])c([2H])c([2H])c2[2H])(c2c([2H])c([2H])c([2H])c([2H])c2[2H])c2c([2H])c([2H])c([2H])c(-c3cccc(-c4c([2H])c([2H])c5c(c4[2H])C(C([2H])([2H])[2H])(C([2H])([2H])[2H])CC5(C([2H])([2H])[2H])C([2H])([2H])[2H])c3-[n+]3[c-]n(-c4[c-]c(Oc5[c-]c6c(cc5)c5ccccc5n6-c5cc(C([2H])([2H])[2H])c(-c6ccc7c(c6)C(C)(C)CCC7(C)C)cn5)ccc4)c4ccccc43)c2[2H])c([2H])c1[2H].[Pt]. The number of para-hydroxylation sites is 4. The van der Waals surface area contributed by atoms with Crippen molar-refractivity contribution in [3.05, 3.63) is 307 Å². The van der Waals surface area contributed by atoms with Crippen LogP contribution in [0.25, 0.3) is 83.4 Å². The van der Waals surface area contributed by atoms with Crippen molar-refractivity contribution in [2.45, 2.75) is 103 Å². The number of hydrogen-bond acceptors (Lipinski definition) is 2. The number of aryl methyl sites for hydroxylation is 1. The number of benzene rings is 11. The summed E-state index contributed by atoms with van der Waals surface area (Å²) in [6, 6.07) is 10.8. The second kappa shape index (κ2) is 23.5. The Labute approximate surface area is 626 Å². The van der Waals surface area contributed by atoms with Crippen molar-refractivity contribution in [1.82, 2.24) is 14.1 Å². The monoisotopic (exact) mass is 1460 g/mol. The minimum Gasteiger partial charge on any atom is -0.510 e. The van der Waals surface area contributed by atoms with Gasteiger partial charge in [0.15, 0.2) is 8.07 Å². The second-order valence-electron chi connectivity index (χ2n) is 25.0.